The number of hydrogen-bond acceptors (Lipinski definition) is 4. The molecule has 0 aromatic heterocycles. The van der Waals surface area contributed by atoms with Gasteiger partial charge in [0, 0.05) is 0 Å². The third-order valence-electron chi connectivity index (χ3n) is 0.171. The maximum atomic E-state index is 9.47. The Balaban J connectivity index is 0. The van der Waals surface area contributed by atoms with Crippen molar-refractivity contribution in [2.45, 2.75) is 0 Å². The first-order valence-corrected chi connectivity index (χ1v) is 4.81. The Bertz CT molecular complexity index is 77.7. The van der Waals surface area contributed by atoms with E-state index in [1.807, 2.05) is 0 Å². The van der Waals surface area contributed by atoms with Crippen molar-refractivity contribution in [3.8, 4) is 0 Å². The van der Waals surface area contributed by atoms with Crippen LogP contribution in [-0.4, -0.2) is 14.9 Å². The molecule has 0 aliphatic carbocycles. The molecular weight excluding hydrogens is 250 g/mol. The molecule has 0 aromatic carbocycles. The molecule has 0 aromatic rings. The number of hydrogen-bond donors (Lipinski definition) is 3. The van der Waals surface area contributed by atoms with E-state index in [1.54, 1.807) is 0 Å². The average molecular weight is 253 g/mol. The second-order valence-corrected chi connectivity index (χ2v) is 1.69. The summed E-state index contributed by atoms with van der Waals surface area (Å²) in [6.07, 6.45) is -1.18. The van der Waals surface area contributed by atoms with Crippen LogP contribution in [0.5, 0.6) is 0 Å². The fourth-order valence-electron chi connectivity index (χ4n) is 0. The van der Waals surface area contributed by atoms with E-state index in [0.29, 0.717) is 3.71 Å². The van der Waals surface area contributed by atoms with Gasteiger partial charge in [0.25, 0.3) is 0 Å². The fourth-order valence-corrected chi connectivity index (χ4v) is 0. The van der Waals surface area contributed by atoms with Gasteiger partial charge >= 0.3 is 33.9 Å². The van der Waals surface area contributed by atoms with Crippen molar-refractivity contribution in [1.29, 1.82) is 0 Å². The number of carbonyl (C=O) groups is 1. The van der Waals surface area contributed by atoms with Crippen molar-refractivity contribution in [1.82, 2.24) is 3.71 Å². The van der Waals surface area contributed by atoms with Gasteiger partial charge < -0.3 is 5.11 Å². The van der Waals surface area contributed by atoms with E-state index in [2.05, 4.69) is 35.5 Å². The van der Waals surface area contributed by atoms with Crippen LogP contribution in [0.3, 0.4) is 0 Å². The third-order valence-corrected chi connectivity index (χ3v) is 0.513. The van der Waals surface area contributed by atoms with E-state index >= 15 is 0 Å². The molecule has 1 amide bonds. The van der Waals surface area contributed by atoms with Gasteiger partial charge in [-0.05, 0) is 25.6 Å². The standard InChI is InChI=1S/CH3NO2S2.Mo.S/c3-1(4)2(5)6;;/h5-6H,(H,3,4);;. The zero-order valence-electron chi connectivity index (χ0n) is 3.51. The van der Waals surface area contributed by atoms with Crippen LogP contribution < -0.4 is 0 Å². The number of carboxylic acid groups (broad SMARTS) is 1. The van der Waals surface area contributed by atoms with Gasteiger partial charge in [0.2, 0.25) is 0 Å². The summed E-state index contributed by atoms with van der Waals surface area (Å²) in [5, 5.41) is 7.76. The molecule has 0 rings (SSSR count). The van der Waals surface area contributed by atoms with Gasteiger partial charge in [0.1, 0.15) is 0 Å². The molecule has 0 atom stereocenters. The summed E-state index contributed by atoms with van der Waals surface area (Å²) < 4.78 is 0.472. The van der Waals surface area contributed by atoms with E-state index < -0.39 is 6.09 Å². The van der Waals surface area contributed by atoms with Crippen LogP contribution in [0.4, 0.5) is 4.79 Å². The molecule has 0 aliphatic rings. The van der Waals surface area contributed by atoms with Gasteiger partial charge in [-0.1, -0.05) is 0 Å². The Morgan fingerprint density at radius 1 is 1.62 bits per heavy atom. The first kappa shape index (κ1) is 11.6. The average Bonchev–Trinajstić information content (AvgIpc) is 1.72. The summed E-state index contributed by atoms with van der Waals surface area (Å²) in [4.78, 5) is 9.47. The topological polar surface area (TPSA) is 40.5 Å². The van der Waals surface area contributed by atoms with Crippen LogP contribution in [0.2, 0.25) is 0 Å². The van der Waals surface area contributed by atoms with Crippen LogP contribution in [0, 0.1) is 0 Å². The number of thiol groups is 2. The molecule has 0 saturated heterocycles. The first-order chi connectivity index (χ1) is 3.64. The van der Waals surface area contributed by atoms with E-state index in [4.69, 9.17) is 5.11 Å². The molecule has 0 aliphatic heterocycles. The Hall–Kier alpha value is 0.878. The van der Waals surface area contributed by atoms with Crippen molar-refractivity contribution in [2.75, 3.05) is 0 Å². The predicted octanol–water partition coefficient (Wildman–Crippen LogP) is 1.30. The van der Waals surface area contributed by atoms with Crippen molar-refractivity contribution in [3.05, 3.63) is 0 Å². The molecule has 7 heteroatoms. The molecule has 0 radical (unpaired) electrons. The van der Waals surface area contributed by atoms with Crippen molar-refractivity contribution in [3.63, 3.8) is 0 Å². The molecule has 0 fully saturated rings. The minimum absolute atomic E-state index is 0.472. The van der Waals surface area contributed by atoms with Crippen molar-refractivity contribution < 1.29 is 27.9 Å². The van der Waals surface area contributed by atoms with Crippen LogP contribution >= 0.6 is 35.5 Å². The number of rotatable bonds is 0. The summed E-state index contributed by atoms with van der Waals surface area (Å²) in [6, 6.07) is 0. The van der Waals surface area contributed by atoms with Crippen LogP contribution in [-0.2, 0) is 18.0 Å². The summed E-state index contributed by atoms with van der Waals surface area (Å²) in [5.74, 6) is 0. The third kappa shape index (κ3) is 9.99. The molecule has 3 nitrogen and oxygen atoms in total. The van der Waals surface area contributed by atoms with E-state index in [1.165, 1.54) is 18.0 Å². The number of nitrogens with zero attached hydrogens (tertiary/aromatic N) is 1. The number of amides is 1. The Labute approximate surface area is 72.9 Å². The normalized spacial score (nSPS) is 6.25. The fraction of sp³-hybridized carbons (Fsp3) is 0. The molecule has 0 unspecified atom stereocenters. The molecule has 0 bridgehead atoms. The van der Waals surface area contributed by atoms with Crippen molar-refractivity contribution in [2.24, 2.45) is 0 Å². The van der Waals surface area contributed by atoms with E-state index in [9.17, 15) is 4.79 Å². The second kappa shape index (κ2) is 7.88. The molecule has 1 N–H and O–H groups in total. The van der Waals surface area contributed by atoms with Crippen molar-refractivity contribution >= 4 is 41.5 Å². The second-order valence-electron chi connectivity index (χ2n) is 0.572. The van der Waals surface area contributed by atoms with Crippen LogP contribution in [0.1, 0.15) is 0 Å². The molecule has 8 heavy (non-hydrogen) atoms. The van der Waals surface area contributed by atoms with E-state index in [0.717, 1.165) is 0 Å². The van der Waals surface area contributed by atoms with Gasteiger partial charge in [0.05, 0.1) is 0 Å². The molecule has 48 valence electrons. The maximum absolute atomic E-state index is 9.47. The summed E-state index contributed by atoms with van der Waals surface area (Å²) in [6.45, 7) is 0. The van der Waals surface area contributed by atoms with Gasteiger partial charge in [-0.15, -0.1) is 0 Å². The molecule has 0 saturated carbocycles. The SMILES string of the molecule is O=C(O)N(S)S.[S]=[Mo]. The van der Waals surface area contributed by atoms with Gasteiger partial charge in [-0.25, -0.2) is 4.79 Å². The van der Waals surface area contributed by atoms with E-state index in [-0.39, 0.29) is 0 Å². The first-order valence-electron chi connectivity index (χ1n) is 1.22. The van der Waals surface area contributed by atoms with Crippen LogP contribution in [0.25, 0.3) is 0 Å². The Morgan fingerprint density at radius 2 is 1.75 bits per heavy atom. The molecule has 0 heterocycles. The summed E-state index contributed by atoms with van der Waals surface area (Å²) >= 11 is 8.12. The Morgan fingerprint density at radius 3 is 1.75 bits per heavy atom. The predicted molar refractivity (Wildman–Crippen MR) is 35.4 cm³/mol. The molecular formula is CH3MoNO2S3. The van der Waals surface area contributed by atoms with Gasteiger partial charge in [0.15, 0.2) is 0 Å². The van der Waals surface area contributed by atoms with Gasteiger partial charge in [-0.3, -0.25) is 0 Å². The quantitative estimate of drug-likeness (QED) is 0.450. The van der Waals surface area contributed by atoms with Crippen LogP contribution in [0.15, 0.2) is 0 Å². The minimum atomic E-state index is -1.18. The molecule has 0 spiro atoms. The zero-order chi connectivity index (χ0) is 7.15. The monoisotopic (exact) mass is 255 g/mol. The van der Waals surface area contributed by atoms with Gasteiger partial charge in [-0.2, -0.15) is 3.71 Å². The summed E-state index contributed by atoms with van der Waals surface area (Å²) in [7, 11) is 4.09. The zero-order valence-corrected chi connectivity index (χ0v) is 8.13. The summed E-state index contributed by atoms with van der Waals surface area (Å²) in [5.41, 5.74) is 0. The Kier molecular flexibility index (Phi) is 11.5.